The van der Waals surface area contributed by atoms with Gasteiger partial charge < -0.3 is 10.6 Å². The minimum atomic E-state index is -0.0112. The molecule has 5 nitrogen and oxygen atoms in total. The van der Waals surface area contributed by atoms with Gasteiger partial charge in [-0.15, -0.1) is 22.7 Å². The zero-order valence-corrected chi connectivity index (χ0v) is 14.3. The van der Waals surface area contributed by atoms with Crippen molar-refractivity contribution >= 4 is 33.7 Å². The summed E-state index contributed by atoms with van der Waals surface area (Å²) in [5.41, 5.74) is 7.47. The monoisotopic (exact) mass is 324 g/mol. The SMILES string of the molecule is Cc1nc(C(C)N(C)C(=O)CCc2csc(N)n2)c(C)s1. The third kappa shape index (κ3) is 3.79. The Balaban J connectivity index is 1.96. The summed E-state index contributed by atoms with van der Waals surface area (Å²) in [7, 11) is 1.83. The summed E-state index contributed by atoms with van der Waals surface area (Å²) in [5, 5.41) is 3.49. The van der Waals surface area contributed by atoms with Crippen molar-refractivity contribution in [3.63, 3.8) is 0 Å². The van der Waals surface area contributed by atoms with Crippen LogP contribution in [0.4, 0.5) is 5.13 Å². The number of carbonyl (C=O) groups is 1. The fourth-order valence-electron chi connectivity index (χ4n) is 2.18. The molecule has 2 rings (SSSR count). The lowest BCUT2D eigenvalue weighted by Crippen LogP contribution is -2.30. The van der Waals surface area contributed by atoms with E-state index in [2.05, 4.69) is 9.97 Å². The van der Waals surface area contributed by atoms with E-state index in [1.165, 1.54) is 16.2 Å². The van der Waals surface area contributed by atoms with Crippen molar-refractivity contribution in [3.8, 4) is 0 Å². The Morgan fingerprint density at radius 1 is 1.43 bits per heavy atom. The molecule has 0 saturated heterocycles. The van der Waals surface area contributed by atoms with Crippen molar-refractivity contribution in [2.45, 2.75) is 39.7 Å². The van der Waals surface area contributed by atoms with Crippen LogP contribution in [-0.4, -0.2) is 27.8 Å². The predicted molar refractivity (Wildman–Crippen MR) is 87.6 cm³/mol. The molecule has 2 N–H and O–H groups in total. The van der Waals surface area contributed by atoms with Crippen LogP contribution in [0, 0.1) is 13.8 Å². The van der Waals surface area contributed by atoms with Crippen molar-refractivity contribution in [3.05, 3.63) is 26.7 Å². The Morgan fingerprint density at radius 2 is 2.14 bits per heavy atom. The number of nitrogen functional groups attached to an aromatic ring is 1. The third-order valence-electron chi connectivity index (χ3n) is 3.47. The van der Waals surface area contributed by atoms with Crippen molar-refractivity contribution in [1.82, 2.24) is 14.9 Å². The second-order valence-electron chi connectivity index (χ2n) is 5.03. The van der Waals surface area contributed by atoms with Gasteiger partial charge in [-0.3, -0.25) is 4.79 Å². The summed E-state index contributed by atoms with van der Waals surface area (Å²) < 4.78 is 0. The van der Waals surface area contributed by atoms with E-state index >= 15 is 0 Å². The molecule has 0 bridgehead atoms. The third-order valence-corrected chi connectivity index (χ3v) is 5.10. The van der Waals surface area contributed by atoms with E-state index in [0.717, 1.165) is 16.4 Å². The Kier molecular flexibility index (Phi) is 4.95. The molecule has 7 heteroatoms. The van der Waals surface area contributed by atoms with Crippen LogP contribution >= 0.6 is 22.7 Å². The number of hydrogen-bond acceptors (Lipinski definition) is 6. The first-order valence-electron chi connectivity index (χ1n) is 6.78. The molecule has 0 radical (unpaired) electrons. The lowest BCUT2D eigenvalue weighted by atomic mass is 10.1. The molecule has 2 aromatic rings. The van der Waals surface area contributed by atoms with Gasteiger partial charge in [0.05, 0.1) is 22.4 Å². The van der Waals surface area contributed by atoms with Gasteiger partial charge in [-0.2, -0.15) is 0 Å². The van der Waals surface area contributed by atoms with Gasteiger partial charge in [0.2, 0.25) is 5.91 Å². The lowest BCUT2D eigenvalue weighted by molar-refractivity contribution is -0.131. The Hall–Kier alpha value is -1.47. The number of aryl methyl sites for hydroxylation is 3. The normalized spacial score (nSPS) is 12.4. The van der Waals surface area contributed by atoms with Crippen LogP contribution in [0.15, 0.2) is 5.38 Å². The molecule has 1 unspecified atom stereocenters. The first-order valence-corrected chi connectivity index (χ1v) is 8.47. The van der Waals surface area contributed by atoms with Crippen LogP contribution in [0.2, 0.25) is 0 Å². The summed E-state index contributed by atoms with van der Waals surface area (Å²) in [6.07, 6.45) is 1.06. The molecule has 1 atom stereocenters. The zero-order chi connectivity index (χ0) is 15.6. The summed E-state index contributed by atoms with van der Waals surface area (Å²) in [4.78, 5) is 23.9. The van der Waals surface area contributed by atoms with E-state index in [-0.39, 0.29) is 11.9 Å². The van der Waals surface area contributed by atoms with Gasteiger partial charge in [-0.05, 0) is 27.2 Å². The number of thiazole rings is 2. The highest BCUT2D eigenvalue weighted by Gasteiger charge is 2.21. The molecule has 0 fully saturated rings. The maximum Gasteiger partial charge on any atom is 0.223 e. The average molecular weight is 324 g/mol. The van der Waals surface area contributed by atoms with Crippen LogP contribution in [0.3, 0.4) is 0 Å². The molecule has 21 heavy (non-hydrogen) atoms. The summed E-state index contributed by atoms with van der Waals surface area (Å²) in [6, 6.07) is -0.0112. The van der Waals surface area contributed by atoms with E-state index in [4.69, 9.17) is 5.73 Å². The predicted octanol–water partition coefficient (Wildman–Crippen LogP) is 2.95. The quantitative estimate of drug-likeness (QED) is 0.918. The number of rotatable bonds is 5. The molecule has 1 amide bonds. The molecule has 0 spiro atoms. The molecule has 2 aromatic heterocycles. The topological polar surface area (TPSA) is 72.1 Å². The molecule has 0 aliphatic heterocycles. The highest BCUT2D eigenvalue weighted by Crippen LogP contribution is 2.26. The van der Waals surface area contributed by atoms with Crippen LogP contribution in [0.1, 0.15) is 40.7 Å². The van der Waals surface area contributed by atoms with Crippen molar-refractivity contribution in [2.75, 3.05) is 12.8 Å². The van der Waals surface area contributed by atoms with Gasteiger partial charge in [0, 0.05) is 23.7 Å². The second-order valence-corrected chi connectivity index (χ2v) is 7.33. The van der Waals surface area contributed by atoms with Crippen molar-refractivity contribution < 1.29 is 4.79 Å². The average Bonchev–Trinajstić information content (AvgIpc) is 3.00. The summed E-state index contributed by atoms with van der Waals surface area (Å²) in [5.74, 6) is 0.0964. The standard InChI is InChI=1S/C14H20N4OS2/c1-8(13-9(2)21-10(3)16-13)18(4)12(19)6-5-11-7-20-14(15)17-11/h7-8H,5-6H2,1-4H3,(H2,15,17). The first-order chi connectivity index (χ1) is 9.88. The Labute approximate surface area is 132 Å². The lowest BCUT2D eigenvalue weighted by Gasteiger charge is -2.24. The smallest absolute Gasteiger partial charge is 0.223 e. The Morgan fingerprint density at radius 3 is 2.67 bits per heavy atom. The molecule has 114 valence electrons. The fourth-order valence-corrected chi connectivity index (χ4v) is 3.69. The van der Waals surface area contributed by atoms with Crippen LogP contribution in [0.5, 0.6) is 0 Å². The molecule has 0 saturated carbocycles. The number of nitrogens with two attached hydrogens (primary N) is 1. The highest BCUT2D eigenvalue weighted by atomic mass is 32.1. The van der Waals surface area contributed by atoms with Crippen LogP contribution in [-0.2, 0) is 11.2 Å². The van der Waals surface area contributed by atoms with E-state index < -0.39 is 0 Å². The van der Waals surface area contributed by atoms with Gasteiger partial charge in [0.25, 0.3) is 0 Å². The second kappa shape index (κ2) is 6.53. The van der Waals surface area contributed by atoms with Crippen molar-refractivity contribution in [1.29, 1.82) is 0 Å². The Bertz CT molecular complexity index is 635. The molecule has 0 aliphatic rings. The van der Waals surface area contributed by atoms with Gasteiger partial charge in [-0.1, -0.05) is 0 Å². The molecular formula is C14H20N4OS2. The number of aromatic nitrogens is 2. The van der Waals surface area contributed by atoms with E-state index in [1.54, 1.807) is 16.2 Å². The number of hydrogen-bond donors (Lipinski definition) is 1. The molecular weight excluding hydrogens is 304 g/mol. The van der Waals surface area contributed by atoms with E-state index in [1.807, 2.05) is 33.2 Å². The van der Waals surface area contributed by atoms with Gasteiger partial charge in [0.1, 0.15) is 0 Å². The zero-order valence-electron chi connectivity index (χ0n) is 12.7. The van der Waals surface area contributed by atoms with Gasteiger partial charge in [-0.25, -0.2) is 9.97 Å². The first kappa shape index (κ1) is 15.9. The molecule has 2 heterocycles. The van der Waals surface area contributed by atoms with E-state index in [9.17, 15) is 4.79 Å². The van der Waals surface area contributed by atoms with Crippen LogP contribution < -0.4 is 5.73 Å². The van der Waals surface area contributed by atoms with Crippen LogP contribution in [0.25, 0.3) is 0 Å². The maximum atomic E-state index is 12.3. The summed E-state index contributed by atoms with van der Waals surface area (Å²) >= 11 is 3.07. The minimum absolute atomic E-state index is 0.0112. The molecule has 0 aliphatic carbocycles. The van der Waals surface area contributed by atoms with E-state index in [0.29, 0.717) is 18.0 Å². The van der Waals surface area contributed by atoms with Gasteiger partial charge in [0.15, 0.2) is 5.13 Å². The van der Waals surface area contributed by atoms with Crippen molar-refractivity contribution in [2.24, 2.45) is 0 Å². The number of anilines is 1. The minimum Gasteiger partial charge on any atom is -0.375 e. The van der Waals surface area contributed by atoms with Gasteiger partial charge >= 0.3 is 0 Å². The summed E-state index contributed by atoms with van der Waals surface area (Å²) in [6.45, 7) is 6.05. The number of amides is 1. The number of nitrogens with zero attached hydrogens (tertiary/aromatic N) is 3. The maximum absolute atomic E-state index is 12.3. The fraction of sp³-hybridized carbons (Fsp3) is 0.500. The number of carbonyl (C=O) groups excluding carboxylic acids is 1. The highest BCUT2D eigenvalue weighted by molar-refractivity contribution is 7.13. The molecule has 0 aromatic carbocycles. The largest absolute Gasteiger partial charge is 0.375 e.